The molecule has 1 amide bonds. The molecule has 17 heavy (non-hydrogen) atoms. The molecule has 1 fully saturated rings. The van der Waals surface area contributed by atoms with E-state index in [0.717, 1.165) is 19.4 Å². The summed E-state index contributed by atoms with van der Waals surface area (Å²) >= 11 is 0. The number of hydrogen-bond acceptors (Lipinski definition) is 4. The normalized spacial score (nSPS) is 19.6. The number of carbonyl (C=O) groups is 1. The Morgan fingerprint density at radius 3 is 3.06 bits per heavy atom. The van der Waals surface area contributed by atoms with E-state index in [1.807, 2.05) is 0 Å². The van der Waals surface area contributed by atoms with Crippen LogP contribution < -0.4 is 5.73 Å². The monoisotopic (exact) mass is 235 g/mol. The van der Waals surface area contributed by atoms with Crippen LogP contribution in [0.15, 0.2) is 18.3 Å². The largest absolute Gasteiger partial charge is 0.397 e. The Morgan fingerprint density at radius 1 is 1.59 bits per heavy atom. The lowest BCUT2D eigenvalue weighted by molar-refractivity contribution is 0.0779. The molecular weight excluding hydrogens is 218 g/mol. The third kappa shape index (κ3) is 2.74. The third-order valence-electron chi connectivity index (χ3n) is 3.12. The predicted octanol–water partition coefficient (Wildman–Crippen LogP) is 0.508. The van der Waals surface area contributed by atoms with Gasteiger partial charge in [-0.3, -0.25) is 4.79 Å². The Hall–Kier alpha value is -1.62. The number of aliphatic hydroxyl groups is 1. The standard InChI is InChI=1S/C12H17N3O2/c13-10-1-2-11(14-7-10)12(17)15-5-3-9(8-15)4-6-16/h1-2,7,9,16H,3-6,8,13H2. The van der Waals surface area contributed by atoms with Crippen molar-refractivity contribution in [3.05, 3.63) is 24.0 Å². The zero-order valence-corrected chi connectivity index (χ0v) is 9.67. The number of anilines is 1. The van der Waals surface area contributed by atoms with Gasteiger partial charge in [-0.2, -0.15) is 0 Å². The SMILES string of the molecule is Nc1ccc(C(=O)N2CCC(CCO)C2)nc1. The third-order valence-corrected chi connectivity index (χ3v) is 3.12. The lowest BCUT2D eigenvalue weighted by Crippen LogP contribution is -2.29. The maximum Gasteiger partial charge on any atom is 0.272 e. The number of nitrogens with two attached hydrogens (primary N) is 1. The lowest BCUT2D eigenvalue weighted by Gasteiger charge is -2.15. The number of aliphatic hydroxyl groups excluding tert-OH is 1. The summed E-state index contributed by atoms with van der Waals surface area (Å²) in [5.41, 5.74) is 6.52. The molecule has 1 aromatic heterocycles. The second-order valence-electron chi connectivity index (χ2n) is 4.39. The van der Waals surface area contributed by atoms with Gasteiger partial charge in [0, 0.05) is 19.7 Å². The first-order valence-corrected chi connectivity index (χ1v) is 5.82. The molecule has 3 N–H and O–H groups in total. The Balaban J connectivity index is 1.99. The Kier molecular flexibility index (Phi) is 3.58. The van der Waals surface area contributed by atoms with Crippen molar-refractivity contribution in [3.8, 4) is 0 Å². The van der Waals surface area contributed by atoms with Crippen molar-refractivity contribution in [1.82, 2.24) is 9.88 Å². The first-order valence-electron chi connectivity index (χ1n) is 5.82. The fraction of sp³-hybridized carbons (Fsp3) is 0.500. The van der Waals surface area contributed by atoms with Gasteiger partial charge in [-0.05, 0) is 30.9 Å². The topological polar surface area (TPSA) is 79.5 Å². The van der Waals surface area contributed by atoms with E-state index in [0.29, 0.717) is 23.8 Å². The van der Waals surface area contributed by atoms with Gasteiger partial charge in [0.25, 0.3) is 5.91 Å². The van der Waals surface area contributed by atoms with Gasteiger partial charge >= 0.3 is 0 Å². The molecule has 0 aromatic carbocycles. The highest BCUT2D eigenvalue weighted by atomic mass is 16.3. The van der Waals surface area contributed by atoms with Crippen molar-refractivity contribution >= 4 is 11.6 Å². The summed E-state index contributed by atoms with van der Waals surface area (Å²) < 4.78 is 0. The number of rotatable bonds is 3. The van der Waals surface area contributed by atoms with Gasteiger partial charge in [0.15, 0.2) is 0 Å². The van der Waals surface area contributed by atoms with E-state index >= 15 is 0 Å². The molecule has 2 rings (SSSR count). The predicted molar refractivity (Wildman–Crippen MR) is 64.4 cm³/mol. The smallest absolute Gasteiger partial charge is 0.272 e. The molecule has 92 valence electrons. The van der Waals surface area contributed by atoms with Crippen LogP contribution in [0.25, 0.3) is 0 Å². The quantitative estimate of drug-likeness (QED) is 0.800. The second kappa shape index (κ2) is 5.14. The Morgan fingerprint density at radius 2 is 2.41 bits per heavy atom. The molecule has 1 aliphatic heterocycles. The average Bonchev–Trinajstić information content (AvgIpc) is 2.78. The van der Waals surface area contributed by atoms with Crippen LogP contribution in [0.5, 0.6) is 0 Å². The zero-order valence-electron chi connectivity index (χ0n) is 9.67. The lowest BCUT2D eigenvalue weighted by atomic mass is 10.1. The van der Waals surface area contributed by atoms with Crippen LogP contribution in [0.2, 0.25) is 0 Å². The minimum absolute atomic E-state index is 0.0505. The molecule has 0 spiro atoms. The van der Waals surface area contributed by atoms with Crippen molar-refractivity contribution in [2.75, 3.05) is 25.4 Å². The number of nitrogens with zero attached hydrogens (tertiary/aromatic N) is 2. The van der Waals surface area contributed by atoms with E-state index in [2.05, 4.69) is 4.98 Å². The van der Waals surface area contributed by atoms with E-state index in [-0.39, 0.29) is 12.5 Å². The summed E-state index contributed by atoms with van der Waals surface area (Å²) in [5, 5.41) is 8.87. The maximum absolute atomic E-state index is 12.1. The first-order chi connectivity index (χ1) is 8.20. The molecule has 0 radical (unpaired) electrons. The van der Waals surface area contributed by atoms with Crippen LogP contribution in [-0.4, -0.2) is 40.6 Å². The highest BCUT2D eigenvalue weighted by molar-refractivity contribution is 5.92. The zero-order chi connectivity index (χ0) is 12.3. The maximum atomic E-state index is 12.1. The van der Waals surface area contributed by atoms with E-state index in [4.69, 9.17) is 10.8 Å². The van der Waals surface area contributed by atoms with Crippen LogP contribution in [0.3, 0.4) is 0 Å². The first kappa shape index (κ1) is 11.9. The van der Waals surface area contributed by atoms with Gasteiger partial charge in [-0.1, -0.05) is 0 Å². The van der Waals surface area contributed by atoms with Gasteiger partial charge < -0.3 is 15.7 Å². The number of aromatic nitrogens is 1. The van der Waals surface area contributed by atoms with Crippen molar-refractivity contribution in [3.63, 3.8) is 0 Å². The van der Waals surface area contributed by atoms with Crippen molar-refractivity contribution < 1.29 is 9.90 Å². The summed E-state index contributed by atoms with van der Waals surface area (Å²) in [7, 11) is 0. The number of pyridine rings is 1. The molecule has 0 saturated carbocycles. The van der Waals surface area contributed by atoms with Crippen LogP contribution in [0.1, 0.15) is 23.3 Å². The summed E-state index contributed by atoms with van der Waals surface area (Å²) in [6, 6.07) is 3.33. The van der Waals surface area contributed by atoms with E-state index in [9.17, 15) is 4.79 Å². The molecule has 1 unspecified atom stereocenters. The minimum Gasteiger partial charge on any atom is -0.397 e. The fourth-order valence-corrected chi connectivity index (χ4v) is 2.13. The Bertz CT molecular complexity index is 391. The van der Waals surface area contributed by atoms with Crippen LogP contribution >= 0.6 is 0 Å². The highest BCUT2D eigenvalue weighted by Crippen LogP contribution is 2.20. The van der Waals surface area contributed by atoms with E-state index in [1.165, 1.54) is 6.20 Å². The molecule has 1 atom stereocenters. The van der Waals surface area contributed by atoms with Crippen molar-refractivity contribution in [1.29, 1.82) is 0 Å². The second-order valence-corrected chi connectivity index (χ2v) is 4.39. The van der Waals surface area contributed by atoms with Gasteiger partial charge in [0.2, 0.25) is 0 Å². The molecule has 2 heterocycles. The number of likely N-dealkylation sites (tertiary alicyclic amines) is 1. The molecule has 5 nitrogen and oxygen atoms in total. The van der Waals surface area contributed by atoms with Gasteiger partial charge in [-0.25, -0.2) is 4.98 Å². The van der Waals surface area contributed by atoms with Gasteiger partial charge in [-0.15, -0.1) is 0 Å². The Labute approximate surface area is 100 Å². The van der Waals surface area contributed by atoms with Crippen LogP contribution in [-0.2, 0) is 0 Å². The molecule has 0 aliphatic carbocycles. The molecule has 0 bridgehead atoms. The summed E-state index contributed by atoms with van der Waals surface area (Å²) in [5.74, 6) is 0.364. The number of hydrogen-bond donors (Lipinski definition) is 2. The van der Waals surface area contributed by atoms with Gasteiger partial charge in [0.1, 0.15) is 5.69 Å². The molecule has 5 heteroatoms. The molecule has 1 aliphatic rings. The van der Waals surface area contributed by atoms with Crippen LogP contribution in [0.4, 0.5) is 5.69 Å². The minimum atomic E-state index is -0.0505. The number of nitrogen functional groups attached to an aromatic ring is 1. The highest BCUT2D eigenvalue weighted by Gasteiger charge is 2.26. The molecular formula is C12H17N3O2. The van der Waals surface area contributed by atoms with Gasteiger partial charge in [0.05, 0.1) is 11.9 Å². The fourth-order valence-electron chi connectivity index (χ4n) is 2.13. The molecule has 1 aromatic rings. The number of carbonyl (C=O) groups excluding carboxylic acids is 1. The number of amides is 1. The molecule has 1 saturated heterocycles. The average molecular weight is 235 g/mol. The van der Waals surface area contributed by atoms with Crippen molar-refractivity contribution in [2.45, 2.75) is 12.8 Å². The van der Waals surface area contributed by atoms with Crippen molar-refractivity contribution in [2.24, 2.45) is 5.92 Å². The van der Waals surface area contributed by atoms with E-state index < -0.39 is 0 Å². The van der Waals surface area contributed by atoms with E-state index in [1.54, 1.807) is 17.0 Å². The summed E-state index contributed by atoms with van der Waals surface area (Å²) in [6.45, 7) is 1.65. The summed E-state index contributed by atoms with van der Waals surface area (Å²) in [4.78, 5) is 17.9. The van der Waals surface area contributed by atoms with Crippen LogP contribution in [0, 0.1) is 5.92 Å². The summed E-state index contributed by atoms with van der Waals surface area (Å²) in [6.07, 6.45) is 3.22.